The van der Waals surface area contributed by atoms with Gasteiger partial charge in [-0.15, -0.1) is 0 Å². The number of benzene rings is 1. The SMILES string of the molecule is Cn1c(=O)oc2cc(C3(CCN)COC3)ccc21. The molecular formula is C13H16N2O3. The van der Waals surface area contributed by atoms with Crippen LogP contribution in [0, 0.1) is 0 Å². The lowest BCUT2D eigenvalue weighted by atomic mass is 9.76. The Hall–Kier alpha value is -1.59. The van der Waals surface area contributed by atoms with E-state index in [4.69, 9.17) is 14.9 Å². The van der Waals surface area contributed by atoms with Gasteiger partial charge in [-0.2, -0.15) is 0 Å². The first-order valence-corrected chi connectivity index (χ1v) is 6.04. The summed E-state index contributed by atoms with van der Waals surface area (Å²) in [4.78, 5) is 11.5. The molecule has 1 aromatic heterocycles. The molecule has 0 saturated carbocycles. The zero-order chi connectivity index (χ0) is 12.8. The molecule has 0 aliphatic carbocycles. The minimum Gasteiger partial charge on any atom is -0.408 e. The molecule has 0 atom stereocenters. The second-order valence-corrected chi connectivity index (χ2v) is 4.92. The van der Waals surface area contributed by atoms with Crippen molar-refractivity contribution in [3.8, 4) is 0 Å². The van der Waals surface area contributed by atoms with E-state index in [-0.39, 0.29) is 11.2 Å². The minimum atomic E-state index is -0.333. The molecule has 5 heteroatoms. The van der Waals surface area contributed by atoms with Crippen molar-refractivity contribution in [1.29, 1.82) is 0 Å². The molecule has 1 fully saturated rings. The summed E-state index contributed by atoms with van der Waals surface area (Å²) in [6, 6.07) is 5.90. The molecule has 0 unspecified atom stereocenters. The maximum Gasteiger partial charge on any atom is 0.419 e. The van der Waals surface area contributed by atoms with Crippen LogP contribution in [-0.4, -0.2) is 24.3 Å². The highest BCUT2D eigenvalue weighted by Crippen LogP contribution is 2.36. The number of fused-ring (bicyclic) bond motifs is 1. The molecule has 0 spiro atoms. The quantitative estimate of drug-likeness (QED) is 0.870. The van der Waals surface area contributed by atoms with Crippen molar-refractivity contribution in [3.63, 3.8) is 0 Å². The van der Waals surface area contributed by atoms with Gasteiger partial charge in [0.1, 0.15) is 0 Å². The Morgan fingerprint density at radius 2 is 2.22 bits per heavy atom. The van der Waals surface area contributed by atoms with E-state index in [1.165, 1.54) is 4.57 Å². The summed E-state index contributed by atoms with van der Waals surface area (Å²) in [6.07, 6.45) is 0.884. The van der Waals surface area contributed by atoms with Gasteiger partial charge in [0.15, 0.2) is 5.58 Å². The minimum absolute atomic E-state index is 0.00263. The molecule has 0 bridgehead atoms. The number of nitrogens with two attached hydrogens (primary N) is 1. The summed E-state index contributed by atoms with van der Waals surface area (Å²) in [7, 11) is 1.70. The number of aryl methyl sites for hydroxylation is 1. The monoisotopic (exact) mass is 248 g/mol. The van der Waals surface area contributed by atoms with Gasteiger partial charge in [-0.3, -0.25) is 4.57 Å². The van der Waals surface area contributed by atoms with Gasteiger partial charge in [-0.1, -0.05) is 6.07 Å². The van der Waals surface area contributed by atoms with Crippen molar-refractivity contribution >= 4 is 11.1 Å². The molecular weight excluding hydrogens is 232 g/mol. The van der Waals surface area contributed by atoms with Crippen LogP contribution < -0.4 is 11.5 Å². The van der Waals surface area contributed by atoms with Gasteiger partial charge < -0.3 is 14.9 Å². The molecule has 0 amide bonds. The number of hydrogen-bond acceptors (Lipinski definition) is 4. The van der Waals surface area contributed by atoms with Crippen molar-refractivity contribution in [1.82, 2.24) is 4.57 Å². The average Bonchev–Trinajstić information content (AvgIpc) is 2.59. The number of nitrogens with zero attached hydrogens (tertiary/aromatic N) is 1. The van der Waals surface area contributed by atoms with Gasteiger partial charge in [0.25, 0.3) is 0 Å². The Balaban J connectivity index is 2.10. The molecule has 96 valence electrons. The molecule has 2 N–H and O–H groups in total. The lowest BCUT2D eigenvalue weighted by Crippen LogP contribution is -2.48. The standard InChI is InChI=1S/C13H16N2O3/c1-15-10-3-2-9(6-11(10)18-12(15)16)13(4-5-14)7-17-8-13/h2-3,6H,4-5,7-8,14H2,1H3. The third-order valence-corrected chi connectivity index (χ3v) is 3.78. The van der Waals surface area contributed by atoms with Crippen molar-refractivity contribution in [3.05, 3.63) is 34.3 Å². The number of hydrogen-bond donors (Lipinski definition) is 1. The fourth-order valence-electron chi connectivity index (χ4n) is 2.54. The van der Waals surface area contributed by atoms with Gasteiger partial charge in [-0.25, -0.2) is 4.79 Å². The second-order valence-electron chi connectivity index (χ2n) is 4.92. The molecule has 1 saturated heterocycles. The van der Waals surface area contributed by atoms with Crippen LogP contribution in [0.25, 0.3) is 11.1 Å². The third-order valence-electron chi connectivity index (χ3n) is 3.78. The Morgan fingerprint density at radius 1 is 1.44 bits per heavy atom. The molecule has 1 aliphatic rings. The van der Waals surface area contributed by atoms with Crippen molar-refractivity contribution in [2.75, 3.05) is 19.8 Å². The first-order valence-electron chi connectivity index (χ1n) is 6.04. The fourth-order valence-corrected chi connectivity index (χ4v) is 2.54. The van der Waals surface area contributed by atoms with E-state index in [0.717, 1.165) is 17.5 Å². The first kappa shape index (κ1) is 11.5. The molecule has 2 heterocycles. The zero-order valence-corrected chi connectivity index (χ0v) is 10.3. The summed E-state index contributed by atoms with van der Waals surface area (Å²) in [5.74, 6) is -0.333. The summed E-state index contributed by atoms with van der Waals surface area (Å²) >= 11 is 0. The van der Waals surface area contributed by atoms with Crippen LogP contribution in [0.1, 0.15) is 12.0 Å². The molecule has 2 aromatic rings. The van der Waals surface area contributed by atoms with Crippen LogP contribution in [0.15, 0.2) is 27.4 Å². The van der Waals surface area contributed by atoms with Crippen LogP contribution in [0.3, 0.4) is 0 Å². The number of rotatable bonds is 3. The van der Waals surface area contributed by atoms with Crippen LogP contribution >= 0.6 is 0 Å². The number of ether oxygens (including phenoxy) is 1. The Morgan fingerprint density at radius 3 is 2.83 bits per heavy atom. The van der Waals surface area contributed by atoms with Crippen molar-refractivity contribution < 1.29 is 9.15 Å². The molecule has 0 radical (unpaired) electrons. The molecule has 1 aromatic carbocycles. The number of aromatic nitrogens is 1. The predicted octanol–water partition coefficient (Wildman–Crippen LogP) is 0.748. The Bertz CT molecular complexity index is 637. The highest BCUT2D eigenvalue weighted by atomic mass is 16.5. The van der Waals surface area contributed by atoms with E-state index >= 15 is 0 Å². The molecule has 3 rings (SSSR count). The maximum absolute atomic E-state index is 11.5. The Kier molecular flexibility index (Phi) is 2.53. The highest BCUT2D eigenvalue weighted by Gasteiger charge is 2.39. The van der Waals surface area contributed by atoms with Crippen LogP contribution in [0.2, 0.25) is 0 Å². The van der Waals surface area contributed by atoms with Gasteiger partial charge in [0, 0.05) is 12.5 Å². The largest absolute Gasteiger partial charge is 0.419 e. The lowest BCUT2D eigenvalue weighted by Gasteiger charge is -2.41. The summed E-state index contributed by atoms with van der Waals surface area (Å²) < 4.78 is 12.1. The van der Waals surface area contributed by atoms with Gasteiger partial charge in [0.2, 0.25) is 0 Å². The maximum atomic E-state index is 11.5. The Labute approximate surface area is 104 Å². The molecule has 18 heavy (non-hydrogen) atoms. The summed E-state index contributed by atoms with van der Waals surface area (Å²) in [6.45, 7) is 2.00. The normalized spacial score (nSPS) is 17.9. The van der Waals surface area contributed by atoms with E-state index < -0.39 is 0 Å². The molecule has 5 nitrogen and oxygen atoms in total. The van der Waals surface area contributed by atoms with Crippen LogP contribution in [0.4, 0.5) is 0 Å². The number of oxazole rings is 1. The van der Waals surface area contributed by atoms with Gasteiger partial charge in [-0.05, 0) is 30.7 Å². The van der Waals surface area contributed by atoms with Crippen molar-refractivity contribution in [2.24, 2.45) is 12.8 Å². The van der Waals surface area contributed by atoms with E-state index in [1.54, 1.807) is 7.05 Å². The van der Waals surface area contributed by atoms with Crippen molar-refractivity contribution in [2.45, 2.75) is 11.8 Å². The summed E-state index contributed by atoms with van der Waals surface area (Å²) in [5, 5.41) is 0. The highest BCUT2D eigenvalue weighted by molar-refractivity contribution is 5.74. The first-order chi connectivity index (χ1) is 8.66. The third kappa shape index (κ3) is 1.51. The average molecular weight is 248 g/mol. The van der Waals surface area contributed by atoms with Crippen LogP contribution in [-0.2, 0) is 17.2 Å². The van der Waals surface area contributed by atoms with Gasteiger partial charge >= 0.3 is 5.76 Å². The lowest BCUT2D eigenvalue weighted by molar-refractivity contribution is -0.0630. The summed E-state index contributed by atoms with van der Waals surface area (Å²) in [5.41, 5.74) is 8.25. The second kappa shape index (κ2) is 3.96. The molecule has 1 aliphatic heterocycles. The zero-order valence-electron chi connectivity index (χ0n) is 10.3. The van der Waals surface area contributed by atoms with Gasteiger partial charge in [0.05, 0.1) is 18.7 Å². The fraction of sp³-hybridized carbons (Fsp3) is 0.462. The van der Waals surface area contributed by atoms with E-state index in [9.17, 15) is 4.79 Å². The predicted molar refractivity (Wildman–Crippen MR) is 67.6 cm³/mol. The topological polar surface area (TPSA) is 70.4 Å². The van der Waals surface area contributed by atoms with Crippen LogP contribution in [0.5, 0.6) is 0 Å². The van der Waals surface area contributed by atoms with E-state index in [0.29, 0.717) is 25.3 Å². The smallest absolute Gasteiger partial charge is 0.408 e. The van der Waals surface area contributed by atoms with E-state index in [1.807, 2.05) is 18.2 Å². The van der Waals surface area contributed by atoms with E-state index in [2.05, 4.69) is 0 Å².